The number of aryl methyl sites for hydroxylation is 1. The molecular formula is C15H17F2N3O. The van der Waals surface area contributed by atoms with Crippen LogP contribution < -0.4 is 5.32 Å². The molecule has 1 aliphatic rings. The second-order valence-corrected chi connectivity index (χ2v) is 5.37. The highest BCUT2D eigenvalue weighted by molar-refractivity contribution is 5.56. The quantitative estimate of drug-likeness (QED) is 0.920. The van der Waals surface area contributed by atoms with Crippen molar-refractivity contribution in [3.05, 3.63) is 35.2 Å². The Hall–Kier alpha value is -1.82. The molecule has 2 aromatic rings. The predicted molar refractivity (Wildman–Crippen MR) is 73.6 cm³/mol. The Morgan fingerprint density at radius 1 is 1.24 bits per heavy atom. The molecule has 1 saturated heterocycles. The molecule has 1 N–H and O–H groups in total. The summed E-state index contributed by atoms with van der Waals surface area (Å²) >= 11 is 0. The molecule has 0 spiro atoms. The van der Waals surface area contributed by atoms with Crippen LogP contribution in [0.3, 0.4) is 0 Å². The maximum atomic E-state index is 14.1. The van der Waals surface area contributed by atoms with Gasteiger partial charge in [0.05, 0.1) is 6.04 Å². The molecule has 1 aromatic carbocycles. The number of nitrogens with zero attached hydrogens (tertiary/aromatic N) is 2. The molecule has 3 rings (SSSR count). The fourth-order valence-corrected chi connectivity index (χ4v) is 2.58. The van der Waals surface area contributed by atoms with Crippen LogP contribution in [0.2, 0.25) is 0 Å². The van der Waals surface area contributed by atoms with Gasteiger partial charge < -0.3 is 9.84 Å². The molecule has 1 fully saturated rings. The molecule has 1 unspecified atom stereocenters. The molecule has 21 heavy (non-hydrogen) atoms. The first-order valence-electron chi connectivity index (χ1n) is 7.19. The van der Waals surface area contributed by atoms with Crippen LogP contribution >= 0.6 is 0 Å². The van der Waals surface area contributed by atoms with Gasteiger partial charge in [0.15, 0.2) is 5.82 Å². The van der Waals surface area contributed by atoms with Gasteiger partial charge in [0.2, 0.25) is 0 Å². The number of hydrogen-bond acceptors (Lipinski definition) is 4. The summed E-state index contributed by atoms with van der Waals surface area (Å²) in [5.41, 5.74) is 0.0983. The molecule has 2 heterocycles. The smallest absolute Gasteiger partial charge is 0.263 e. The number of halogens is 2. The van der Waals surface area contributed by atoms with Gasteiger partial charge in [-0.25, -0.2) is 8.78 Å². The van der Waals surface area contributed by atoms with Gasteiger partial charge in [-0.3, -0.25) is 0 Å². The van der Waals surface area contributed by atoms with Crippen molar-refractivity contribution < 1.29 is 13.3 Å². The van der Waals surface area contributed by atoms with E-state index < -0.39 is 11.6 Å². The molecule has 1 aliphatic heterocycles. The number of rotatable bonds is 2. The highest BCUT2D eigenvalue weighted by Crippen LogP contribution is 2.28. The van der Waals surface area contributed by atoms with Gasteiger partial charge in [-0.2, -0.15) is 4.98 Å². The van der Waals surface area contributed by atoms with Crippen molar-refractivity contribution >= 4 is 0 Å². The summed E-state index contributed by atoms with van der Waals surface area (Å²) in [7, 11) is 0. The number of benzene rings is 1. The van der Waals surface area contributed by atoms with Crippen LogP contribution in [0.5, 0.6) is 0 Å². The second kappa shape index (κ2) is 5.89. The fourth-order valence-electron chi connectivity index (χ4n) is 2.58. The van der Waals surface area contributed by atoms with Gasteiger partial charge in [-0.05, 0) is 37.9 Å². The van der Waals surface area contributed by atoms with E-state index >= 15 is 0 Å². The Morgan fingerprint density at radius 3 is 2.95 bits per heavy atom. The lowest BCUT2D eigenvalue weighted by molar-refractivity contribution is 0.399. The lowest BCUT2D eigenvalue weighted by Crippen LogP contribution is -2.21. The lowest BCUT2D eigenvalue weighted by atomic mass is 10.1. The third-order valence-corrected chi connectivity index (χ3v) is 3.81. The average Bonchev–Trinajstić information content (AvgIpc) is 2.78. The molecule has 112 valence electrons. The summed E-state index contributed by atoms with van der Waals surface area (Å²) in [4.78, 5) is 4.19. The molecule has 0 radical (unpaired) electrons. The number of aromatic nitrogens is 2. The standard InChI is InChI=1S/C15H17F2N3O/c1-9-6-7-10(16)12(13(9)17)15-19-14(20-21-15)11-5-3-2-4-8-18-11/h6-7,11,18H,2-5,8H2,1H3. The first kappa shape index (κ1) is 14.1. The zero-order valence-electron chi connectivity index (χ0n) is 11.8. The van der Waals surface area contributed by atoms with Gasteiger partial charge in [-0.1, -0.05) is 24.1 Å². The van der Waals surface area contributed by atoms with Crippen LogP contribution in [0.4, 0.5) is 8.78 Å². The van der Waals surface area contributed by atoms with E-state index in [9.17, 15) is 8.78 Å². The maximum absolute atomic E-state index is 14.1. The largest absolute Gasteiger partial charge is 0.334 e. The van der Waals surface area contributed by atoms with Crippen LogP contribution in [0.15, 0.2) is 16.7 Å². The van der Waals surface area contributed by atoms with Crippen molar-refractivity contribution in [3.8, 4) is 11.5 Å². The summed E-state index contributed by atoms with van der Waals surface area (Å²) in [6, 6.07) is 2.58. The summed E-state index contributed by atoms with van der Waals surface area (Å²) in [5.74, 6) is -0.983. The highest BCUT2D eigenvalue weighted by atomic mass is 19.1. The van der Waals surface area contributed by atoms with E-state index in [-0.39, 0.29) is 17.5 Å². The molecule has 1 atom stereocenters. The Labute approximate surface area is 121 Å². The van der Waals surface area contributed by atoms with Crippen molar-refractivity contribution in [2.24, 2.45) is 0 Å². The second-order valence-electron chi connectivity index (χ2n) is 5.37. The lowest BCUT2D eigenvalue weighted by Gasteiger charge is -2.10. The SMILES string of the molecule is Cc1ccc(F)c(-c2nc(C3CCCCCN3)no2)c1F. The minimum atomic E-state index is -0.692. The van der Waals surface area contributed by atoms with Crippen molar-refractivity contribution in [2.45, 2.75) is 38.6 Å². The summed E-state index contributed by atoms with van der Waals surface area (Å²) in [6.07, 6.45) is 4.25. The van der Waals surface area contributed by atoms with Crippen molar-refractivity contribution in [3.63, 3.8) is 0 Å². The Kier molecular flexibility index (Phi) is 3.96. The van der Waals surface area contributed by atoms with Crippen LogP contribution in [-0.4, -0.2) is 16.7 Å². The van der Waals surface area contributed by atoms with Gasteiger partial charge >= 0.3 is 0 Å². The van der Waals surface area contributed by atoms with Crippen LogP contribution in [0, 0.1) is 18.6 Å². The van der Waals surface area contributed by atoms with Crippen LogP contribution in [0.1, 0.15) is 43.1 Å². The van der Waals surface area contributed by atoms with Crippen LogP contribution in [0.25, 0.3) is 11.5 Å². The zero-order valence-corrected chi connectivity index (χ0v) is 11.8. The molecule has 1 aromatic heterocycles. The van der Waals surface area contributed by atoms with E-state index in [1.807, 2.05) is 0 Å². The fraction of sp³-hybridized carbons (Fsp3) is 0.467. The molecule has 0 amide bonds. The first-order chi connectivity index (χ1) is 10.2. The van der Waals surface area contributed by atoms with Gasteiger partial charge in [-0.15, -0.1) is 0 Å². The third-order valence-electron chi connectivity index (χ3n) is 3.81. The highest BCUT2D eigenvalue weighted by Gasteiger charge is 2.23. The van der Waals surface area contributed by atoms with Crippen molar-refractivity contribution in [1.29, 1.82) is 0 Å². The zero-order chi connectivity index (χ0) is 14.8. The predicted octanol–water partition coefficient (Wildman–Crippen LogP) is 3.53. The molecule has 4 nitrogen and oxygen atoms in total. The summed E-state index contributed by atoms with van der Waals surface area (Å²) in [6.45, 7) is 2.46. The molecular weight excluding hydrogens is 276 g/mol. The molecule has 0 bridgehead atoms. The van der Waals surface area contributed by atoms with Crippen LogP contribution in [-0.2, 0) is 0 Å². The van der Waals surface area contributed by atoms with E-state index in [1.165, 1.54) is 12.1 Å². The summed E-state index contributed by atoms with van der Waals surface area (Å²) in [5, 5.41) is 7.22. The molecule has 6 heteroatoms. The minimum Gasteiger partial charge on any atom is -0.334 e. The monoisotopic (exact) mass is 293 g/mol. The Bertz CT molecular complexity index is 634. The Balaban J connectivity index is 1.93. The van der Waals surface area contributed by atoms with E-state index in [0.29, 0.717) is 11.4 Å². The van der Waals surface area contributed by atoms with E-state index in [2.05, 4.69) is 15.5 Å². The van der Waals surface area contributed by atoms with Gasteiger partial charge in [0.25, 0.3) is 5.89 Å². The molecule has 0 saturated carbocycles. The normalized spacial score (nSPS) is 19.5. The molecule has 0 aliphatic carbocycles. The number of nitrogens with one attached hydrogen (secondary N) is 1. The van der Waals surface area contributed by atoms with Gasteiger partial charge in [0, 0.05) is 0 Å². The van der Waals surface area contributed by atoms with E-state index in [1.54, 1.807) is 6.92 Å². The first-order valence-corrected chi connectivity index (χ1v) is 7.19. The maximum Gasteiger partial charge on any atom is 0.263 e. The van der Waals surface area contributed by atoms with Crippen molar-refractivity contribution in [2.75, 3.05) is 6.54 Å². The van der Waals surface area contributed by atoms with Gasteiger partial charge in [0.1, 0.15) is 17.2 Å². The van der Waals surface area contributed by atoms with E-state index in [0.717, 1.165) is 32.2 Å². The number of hydrogen-bond donors (Lipinski definition) is 1. The van der Waals surface area contributed by atoms with E-state index in [4.69, 9.17) is 4.52 Å². The minimum absolute atomic E-state index is 0.0130. The summed E-state index contributed by atoms with van der Waals surface area (Å²) < 4.78 is 33.0. The average molecular weight is 293 g/mol. The topological polar surface area (TPSA) is 51.0 Å². The van der Waals surface area contributed by atoms with Crippen molar-refractivity contribution in [1.82, 2.24) is 15.5 Å². The Morgan fingerprint density at radius 2 is 2.10 bits per heavy atom. The third kappa shape index (κ3) is 2.81.